The van der Waals surface area contributed by atoms with Gasteiger partial charge >= 0.3 is 0 Å². The van der Waals surface area contributed by atoms with Crippen LogP contribution in [0.3, 0.4) is 0 Å². The number of carbonyl (C=O) groups is 1. The molecule has 0 saturated carbocycles. The molecule has 2 aromatic carbocycles. The molecule has 1 aromatic heterocycles. The summed E-state index contributed by atoms with van der Waals surface area (Å²) >= 11 is 0. The van der Waals surface area contributed by atoms with Crippen molar-refractivity contribution in [2.45, 2.75) is 32.9 Å². The first-order valence-electron chi connectivity index (χ1n) is 8.93. The quantitative estimate of drug-likeness (QED) is 0.726. The van der Waals surface area contributed by atoms with E-state index in [1.165, 1.54) is 23.0 Å². The maximum Gasteiger partial charge on any atom is 0.261 e. The summed E-state index contributed by atoms with van der Waals surface area (Å²) < 4.78 is 14.6. The summed E-state index contributed by atoms with van der Waals surface area (Å²) in [6.07, 6.45) is 2.11. The molecule has 140 valence electrons. The number of benzene rings is 2. The third-order valence-electron chi connectivity index (χ3n) is 4.34. The van der Waals surface area contributed by atoms with Crippen molar-refractivity contribution in [2.24, 2.45) is 5.92 Å². The number of nitrogens with zero attached hydrogens (tertiary/aromatic N) is 2. The van der Waals surface area contributed by atoms with Crippen molar-refractivity contribution in [3.8, 4) is 0 Å². The van der Waals surface area contributed by atoms with Crippen molar-refractivity contribution in [3.05, 3.63) is 76.6 Å². The molecule has 0 saturated heterocycles. The number of aromatic nitrogens is 2. The molecule has 1 amide bonds. The van der Waals surface area contributed by atoms with Gasteiger partial charge in [0.1, 0.15) is 12.4 Å². The van der Waals surface area contributed by atoms with Gasteiger partial charge in [0.15, 0.2) is 0 Å². The molecule has 0 spiro atoms. The van der Waals surface area contributed by atoms with E-state index >= 15 is 0 Å². The molecule has 3 rings (SSSR count). The number of carbonyl (C=O) groups excluding carboxylic acids is 1. The first-order chi connectivity index (χ1) is 12.9. The highest BCUT2D eigenvalue weighted by Gasteiger charge is 2.17. The molecule has 1 N–H and O–H groups in total. The second kappa shape index (κ2) is 8.12. The van der Waals surface area contributed by atoms with E-state index < -0.39 is 11.4 Å². The van der Waals surface area contributed by atoms with Gasteiger partial charge in [0.2, 0.25) is 5.91 Å². The second-order valence-electron chi connectivity index (χ2n) is 7.00. The first kappa shape index (κ1) is 18.8. The Hall–Kier alpha value is -3.02. The number of nitrogens with one attached hydrogen (secondary N) is 1. The Morgan fingerprint density at radius 1 is 1.19 bits per heavy atom. The monoisotopic (exact) mass is 367 g/mol. The molecule has 1 heterocycles. The zero-order chi connectivity index (χ0) is 19.4. The highest BCUT2D eigenvalue weighted by Crippen LogP contribution is 2.21. The molecule has 0 bridgehead atoms. The van der Waals surface area contributed by atoms with Crippen molar-refractivity contribution < 1.29 is 9.18 Å². The van der Waals surface area contributed by atoms with Gasteiger partial charge in [0, 0.05) is 0 Å². The van der Waals surface area contributed by atoms with Gasteiger partial charge in [-0.15, -0.1) is 0 Å². The molecule has 1 atom stereocenters. The van der Waals surface area contributed by atoms with Crippen LogP contribution < -0.4 is 10.9 Å². The Bertz CT molecular complexity index is 999. The van der Waals surface area contributed by atoms with Gasteiger partial charge < -0.3 is 5.32 Å². The number of hydrogen-bond acceptors (Lipinski definition) is 3. The molecular weight excluding hydrogens is 345 g/mol. The number of fused-ring (bicyclic) bond motifs is 1. The Morgan fingerprint density at radius 2 is 1.93 bits per heavy atom. The first-order valence-corrected chi connectivity index (χ1v) is 8.93. The molecule has 0 aliphatic heterocycles. The van der Waals surface area contributed by atoms with Crippen LogP contribution in [0.1, 0.15) is 31.9 Å². The summed E-state index contributed by atoms with van der Waals surface area (Å²) in [6, 6.07) is 13.4. The highest BCUT2D eigenvalue weighted by atomic mass is 19.1. The van der Waals surface area contributed by atoms with Crippen LogP contribution >= 0.6 is 0 Å². The van der Waals surface area contributed by atoms with Crippen LogP contribution in [0.15, 0.2) is 59.7 Å². The van der Waals surface area contributed by atoms with Gasteiger partial charge in [-0.25, -0.2) is 9.37 Å². The molecule has 0 radical (unpaired) electrons. The molecule has 0 unspecified atom stereocenters. The van der Waals surface area contributed by atoms with Gasteiger partial charge in [0.25, 0.3) is 5.56 Å². The minimum Gasteiger partial charge on any atom is -0.348 e. The SMILES string of the molecule is CC(C)C[C@@H](NC(=O)Cn1cnc2ccc(F)cc2c1=O)c1ccccc1. The molecule has 3 aromatic rings. The highest BCUT2D eigenvalue weighted by molar-refractivity contribution is 5.79. The van der Waals surface area contributed by atoms with E-state index in [-0.39, 0.29) is 23.9 Å². The molecule has 0 aliphatic rings. The molecule has 0 fully saturated rings. The Balaban J connectivity index is 1.81. The van der Waals surface area contributed by atoms with E-state index in [9.17, 15) is 14.0 Å². The van der Waals surface area contributed by atoms with E-state index in [1.807, 2.05) is 30.3 Å². The average Bonchev–Trinajstić information content (AvgIpc) is 2.64. The van der Waals surface area contributed by atoms with Crippen LogP contribution in [0.2, 0.25) is 0 Å². The van der Waals surface area contributed by atoms with Crippen LogP contribution in [0.25, 0.3) is 10.9 Å². The van der Waals surface area contributed by atoms with Gasteiger partial charge in [-0.3, -0.25) is 14.2 Å². The van der Waals surface area contributed by atoms with E-state index in [4.69, 9.17) is 0 Å². The summed E-state index contributed by atoms with van der Waals surface area (Å²) in [7, 11) is 0. The average molecular weight is 367 g/mol. The maximum atomic E-state index is 13.4. The predicted octanol–water partition coefficient (Wildman–Crippen LogP) is 3.44. The third-order valence-corrected chi connectivity index (χ3v) is 4.34. The summed E-state index contributed by atoms with van der Waals surface area (Å²) in [5.74, 6) is -0.405. The number of hydrogen-bond donors (Lipinski definition) is 1. The van der Waals surface area contributed by atoms with Crippen molar-refractivity contribution >= 4 is 16.8 Å². The predicted molar refractivity (Wildman–Crippen MR) is 103 cm³/mol. The normalized spacial score (nSPS) is 12.3. The number of amides is 1. The molecule has 5 nitrogen and oxygen atoms in total. The topological polar surface area (TPSA) is 64.0 Å². The minimum atomic E-state index is -0.510. The summed E-state index contributed by atoms with van der Waals surface area (Å²) in [5, 5.41) is 3.16. The Labute approximate surface area is 156 Å². The van der Waals surface area contributed by atoms with Gasteiger partial charge in [-0.2, -0.15) is 0 Å². The standard InChI is InChI=1S/C21H22FN3O2/c1-14(2)10-19(15-6-4-3-5-7-15)24-20(26)12-25-13-23-18-9-8-16(22)11-17(18)21(25)27/h3-9,11,13-14,19H,10,12H2,1-2H3,(H,24,26)/t19-/m1/s1. The van der Waals surface area contributed by atoms with Crippen molar-refractivity contribution in [2.75, 3.05) is 0 Å². The lowest BCUT2D eigenvalue weighted by atomic mass is 9.97. The van der Waals surface area contributed by atoms with Crippen LogP contribution in [0.5, 0.6) is 0 Å². The molecular formula is C21H22FN3O2. The van der Waals surface area contributed by atoms with Crippen molar-refractivity contribution in [1.29, 1.82) is 0 Å². The molecule has 0 aliphatic carbocycles. The summed E-state index contributed by atoms with van der Waals surface area (Å²) in [6.45, 7) is 4.02. The largest absolute Gasteiger partial charge is 0.348 e. The lowest BCUT2D eigenvalue weighted by molar-refractivity contribution is -0.122. The van der Waals surface area contributed by atoms with E-state index in [0.29, 0.717) is 11.4 Å². The van der Waals surface area contributed by atoms with Crippen molar-refractivity contribution in [3.63, 3.8) is 0 Å². The Kier molecular flexibility index (Phi) is 5.64. The lowest BCUT2D eigenvalue weighted by Gasteiger charge is -2.21. The zero-order valence-corrected chi connectivity index (χ0v) is 15.4. The van der Waals surface area contributed by atoms with Crippen LogP contribution in [-0.4, -0.2) is 15.5 Å². The van der Waals surface area contributed by atoms with Gasteiger partial charge in [-0.05, 0) is 36.1 Å². The number of halogens is 1. The summed E-state index contributed by atoms with van der Waals surface area (Å²) in [4.78, 5) is 29.2. The zero-order valence-electron chi connectivity index (χ0n) is 15.4. The van der Waals surface area contributed by atoms with E-state index in [2.05, 4.69) is 24.1 Å². The Morgan fingerprint density at radius 3 is 2.63 bits per heavy atom. The number of rotatable bonds is 6. The fraction of sp³-hybridized carbons (Fsp3) is 0.286. The fourth-order valence-electron chi connectivity index (χ4n) is 3.07. The van der Waals surface area contributed by atoms with Crippen molar-refractivity contribution in [1.82, 2.24) is 14.9 Å². The molecule has 6 heteroatoms. The maximum absolute atomic E-state index is 13.4. The fourth-order valence-corrected chi connectivity index (χ4v) is 3.07. The van der Waals surface area contributed by atoms with Crippen LogP contribution in [-0.2, 0) is 11.3 Å². The van der Waals surface area contributed by atoms with Gasteiger partial charge in [0.05, 0.1) is 23.3 Å². The summed E-state index contributed by atoms with van der Waals surface area (Å²) in [5.41, 5.74) is 0.986. The van der Waals surface area contributed by atoms with Gasteiger partial charge in [-0.1, -0.05) is 44.2 Å². The minimum absolute atomic E-state index is 0.139. The van der Waals surface area contributed by atoms with E-state index in [1.54, 1.807) is 0 Å². The third kappa shape index (κ3) is 4.58. The lowest BCUT2D eigenvalue weighted by Crippen LogP contribution is -2.35. The molecule has 27 heavy (non-hydrogen) atoms. The van der Waals surface area contributed by atoms with E-state index in [0.717, 1.165) is 18.1 Å². The van der Waals surface area contributed by atoms with Crippen LogP contribution in [0.4, 0.5) is 4.39 Å². The smallest absolute Gasteiger partial charge is 0.261 e. The van der Waals surface area contributed by atoms with Crippen LogP contribution in [0, 0.1) is 11.7 Å². The second-order valence-corrected chi connectivity index (χ2v) is 7.00.